The highest BCUT2D eigenvalue weighted by Crippen LogP contribution is 2.28. The average Bonchev–Trinajstić information content (AvgIpc) is 2.88. The van der Waals surface area contributed by atoms with Gasteiger partial charge in [0.2, 0.25) is 11.8 Å². The van der Waals surface area contributed by atoms with Crippen LogP contribution in [0.3, 0.4) is 0 Å². The molecule has 0 spiro atoms. The molecule has 1 N–H and O–H groups in total. The number of hydrogen-bond acceptors (Lipinski definition) is 4. The maximum Gasteiger partial charge on any atom is 0.264 e. The van der Waals surface area contributed by atoms with Gasteiger partial charge in [-0.1, -0.05) is 75.9 Å². The third kappa shape index (κ3) is 7.08. The van der Waals surface area contributed by atoms with Crippen LogP contribution in [0.2, 0.25) is 10.0 Å². The fourth-order valence-corrected chi connectivity index (χ4v) is 6.18. The van der Waals surface area contributed by atoms with Gasteiger partial charge in [-0.2, -0.15) is 0 Å². The lowest BCUT2D eigenvalue weighted by atomic mass is 10.1. The Hall–Kier alpha value is -2.59. The van der Waals surface area contributed by atoms with Gasteiger partial charge in [0, 0.05) is 28.1 Å². The first-order chi connectivity index (χ1) is 18.0. The number of carbonyl (C=O) groups is 2. The van der Waals surface area contributed by atoms with Crippen molar-refractivity contribution in [2.45, 2.75) is 37.8 Å². The lowest BCUT2D eigenvalue weighted by molar-refractivity contribution is -0.140. The lowest BCUT2D eigenvalue weighted by Gasteiger charge is -2.33. The van der Waals surface area contributed by atoms with Crippen molar-refractivity contribution in [3.63, 3.8) is 0 Å². The average molecular weight is 641 g/mol. The van der Waals surface area contributed by atoms with Crippen LogP contribution in [0.1, 0.15) is 24.5 Å². The van der Waals surface area contributed by atoms with Gasteiger partial charge in [0.1, 0.15) is 12.6 Å². The van der Waals surface area contributed by atoms with Crippen molar-refractivity contribution < 1.29 is 18.0 Å². The minimum Gasteiger partial charge on any atom is -0.357 e. The largest absolute Gasteiger partial charge is 0.357 e. The molecule has 0 saturated carbocycles. The number of amides is 2. The maximum atomic E-state index is 13.9. The Labute approximate surface area is 241 Å². The summed E-state index contributed by atoms with van der Waals surface area (Å²) >= 11 is 15.8. The molecular weight excluding hydrogens is 613 g/mol. The standard InChI is InChI=1S/C27H28BrCl2N3O4S/c1-4-25(27(35)31-3)32(16-19-10-11-21(29)15-24(19)30)26(34)17-33(22-7-5-6-20(28)14-22)38(36,37)23-12-8-18(2)9-13-23/h5-15,25H,4,16-17H2,1-3H3,(H,31,35). The number of halogens is 3. The quantitative estimate of drug-likeness (QED) is 0.303. The molecule has 0 aliphatic rings. The van der Waals surface area contributed by atoms with E-state index in [4.69, 9.17) is 23.2 Å². The number of carbonyl (C=O) groups excluding carboxylic acids is 2. The Morgan fingerprint density at radius 3 is 2.29 bits per heavy atom. The fraction of sp³-hybridized carbons (Fsp3) is 0.259. The highest BCUT2D eigenvalue weighted by atomic mass is 79.9. The van der Waals surface area contributed by atoms with Crippen LogP contribution in [-0.2, 0) is 26.2 Å². The summed E-state index contributed by atoms with van der Waals surface area (Å²) in [6, 6.07) is 17.1. The van der Waals surface area contributed by atoms with Gasteiger partial charge in [0.15, 0.2) is 0 Å². The van der Waals surface area contributed by atoms with Crippen molar-refractivity contribution >= 4 is 66.7 Å². The van der Waals surface area contributed by atoms with Gasteiger partial charge < -0.3 is 10.2 Å². The smallest absolute Gasteiger partial charge is 0.264 e. The third-order valence-electron chi connectivity index (χ3n) is 5.97. The zero-order valence-corrected chi connectivity index (χ0v) is 25.0. The van der Waals surface area contributed by atoms with E-state index in [0.717, 1.165) is 9.87 Å². The van der Waals surface area contributed by atoms with Crippen LogP contribution < -0.4 is 9.62 Å². The molecule has 2 amide bonds. The minimum atomic E-state index is -4.14. The summed E-state index contributed by atoms with van der Waals surface area (Å²) in [6.45, 7) is 3.08. The van der Waals surface area contributed by atoms with E-state index >= 15 is 0 Å². The monoisotopic (exact) mass is 639 g/mol. The van der Waals surface area contributed by atoms with Crippen LogP contribution in [-0.4, -0.2) is 44.8 Å². The van der Waals surface area contributed by atoms with Crippen LogP contribution in [0.4, 0.5) is 5.69 Å². The first-order valence-corrected chi connectivity index (χ1v) is 14.8. The van der Waals surface area contributed by atoms with Gasteiger partial charge in [-0.25, -0.2) is 8.42 Å². The Morgan fingerprint density at radius 2 is 1.71 bits per heavy atom. The van der Waals surface area contributed by atoms with E-state index in [1.54, 1.807) is 61.5 Å². The van der Waals surface area contributed by atoms with E-state index in [1.807, 2.05) is 6.92 Å². The van der Waals surface area contributed by atoms with Crippen molar-refractivity contribution in [2.75, 3.05) is 17.9 Å². The molecule has 0 aromatic heterocycles. The van der Waals surface area contributed by atoms with Crippen molar-refractivity contribution in [3.05, 3.63) is 92.4 Å². The first-order valence-electron chi connectivity index (χ1n) is 11.8. The van der Waals surface area contributed by atoms with Gasteiger partial charge in [-0.05, 0) is 61.4 Å². The van der Waals surface area contributed by atoms with Crippen LogP contribution >= 0.6 is 39.1 Å². The molecule has 7 nitrogen and oxygen atoms in total. The molecule has 0 aliphatic heterocycles. The second-order valence-corrected chi connectivity index (χ2v) is 12.2. The number of likely N-dealkylation sites (N-methyl/N-ethyl adjacent to an activating group) is 1. The molecule has 1 atom stereocenters. The van der Waals surface area contributed by atoms with Crippen LogP contribution in [0.15, 0.2) is 76.1 Å². The number of hydrogen-bond donors (Lipinski definition) is 1. The van der Waals surface area contributed by atoms with Gasteiger partial charge in [-0.3, -0.25) is 13.9 Å². The number of aryl methyl sites for hydroxylation is 1. The number of anilines is 1. The summed E-state index contributed by atoms with van der Waals surface area (Å²) in [7, 11) is -2.66. The Morgan fingerprint density at radius 1 is 1.03 bits per heavy atom. The summed E-state index contributed by atoms with van der Waals surface area (Å²) in [5.41, 5.74) is 1.77. The Bertz CT molecular complexity index is 1420. The summed E-state index contributed by atoms with van der Waals surface area (Å²) in [5, 5.41) is 3.35. The molecule has 3 rings (SSSR count). The van der Waals surface area contributed by atoms with Crippen LogP contribution in [0, 0.1) is 6.92 Å². The molecule has 3 aromatic rings. The van der Waals surface area contributed by atoms with Crippen molar-refractivity contribution in [1.29, 1.82) is 0 Å². The Kier molecular flexibility index (Phi) is 10.2. The summed E-state index contributed by atoms with van der Waals surface area (Å²) in [5.74, 6) is -0.941. The normalized spacial score (nSPS) is 12.1. The number of rotatable bonds is 10. The second kappa shape index (κ2) is 13.0. The molecule has 0 fully saturated rings. The van der Waals surface area contributed by atoms with Gasteiger partial charge in [0.05, 0.1) is 10.6 Å². The molecule has 0 saturated heterocycles. The molecule has 11 heteroatoms. The van der Waals surface area contributed by atoms with E-state index in [9.17, 15) is 18.0 Å². The van der Waals surface area contributed by atoms with E-state index in [-0.39, 0.29) is 17.3 Å². The molecular formula is C27H28BrCl2N3O4S. The second-order valence-electron chi connectivity index (χ2n) is 8.60. The predicted molar refractivity (Wildman–Crippen MR) is 155 cm³/mol. The minimum absolute atomic E-state index is 0.0162. The SMILES string of the molecule is CCC(C(=O)NC)N(Cc1ccc(Cl)cc1Cl)C(=O)CN(c1cccc(Br)c1)S(=O)(=O)c1ccc(C)cc1. The number of nitrogens with zero attached hydrogens (tertiary/aromatic N) is 2. The molecule has 3 aromatic carbocycles. The van der Waals surface area contributed by atoms with Crippen molar-refractivity contribution in [2.24, 2.45) is 0 Å². The molecule has 1 unspecified atom stereocenters. The van der Waals surface area contributed by atoms with Crippen molar-refractivity contribution in [3.8, 4) is 0 Å². The number of sulfonamides is 1. The molecule has 0 radical (unpaired) electrons. The number of nitrogens with one attached hydrogen (secondary N) is 1. The van der Waals surface area contributed by atoms with E-state index in [1.165, 1.54) is 24.1 Å². The van der Waals surface area contributed by atoms with Crippen molar-refractivity contribution in [1.82, 2.24) is 10.2 Å². The maximum absolute atomic E-state index is 13.9. The summed E-state index contributed by atoms with van der Waals surface area (Å²) in [6.07, 6.45) is 0.304. The van der Waals surface area contributed by atoms with E-state index in [2.05, 4.69) is 21.2 Å². The first kappa shape index (κ1) is 30.0. The van der Waals surface area contributed by atoms with Gasteiger partial charge in [-0.15, -0.1) is 0 Å². The topological polar surface area (TPSA) is 86.8 Å². The van der Waals surface area contributed by atoms with Gasteiger partial charge in [0.25, 0.3) is 10.0 Å². The predicted octanol–water partition coefficient (Wildman–Crippen LogP) is 5.81. The van der Waals surface area contributed by atoms with Gasteiger partial charge >= 0.3 is 0 Å². The molecule has 0 aliphatic carbocycles. The zero-order valence-electron chi connectivity index (χ0n) is 21.1. The molecule has 0 heterocycles. The summed E-state index contributed by atoms with van der Waals surface area (Å²) < 4.78 is 29.3. The fourth-order valence-electron chi connectivity index (χ4n) is 3.92. The lowest BCUT2D eigenvalue weighted by Crippen LogP contribution is -2.51. The third-order valence-corrected chi connectivity index (χ3v) is 8.84. The van der Waals surface area contributed by atoms with E-state index < -0.39 is 28.5 Å². The zero-order chi connectivity index (χ0) is 28.0. The van der Waals surface area contributed by atoms with Crippen LogP contribution in [0.5, 0.6) is 0 Å². The Balaban J connectivity index is 2.08. The molecule has 202 valence electrons. The highest BCUT2D eigenvalue weighted by Gasteiger charge is 2.33. The highest BCUT2D eigenvalue weighted by molar-refractivity contribution is 9.10. The summed E-state index contributed by atoms with van der Waals surface area (Å²) in [4.78, 5) is 28.1. The van der Waals surface area contributed by atoms with Crippen LogP contribution in [0.25, 0.3) is 0 Å². The number of benzene rings is 3. The molecule has 0 bridgehead atoms. The van der Waals surface area contributed by atoms with E-state index in [0.29, 0.717) is 32.2 Å². The molecule has 38 heavy (non-hydrogen) atoms.